The third kappa shape index (κ3) is 3.37. The lowest BCUT2D eigenvalue weighted by atomic mass is 9.99. The molecular formula is C8H16O3. The van der Waals surface area contributed by atoms with Crippen LogP contribution in [0.4, 0.5) is 0 Å². The predicted molar refractivity (Wildman–Crippen MR) is 42.1 cm³/mol. The number of rotatable bonds is 4. The van der Waals surface area contributed by atoms with Crippen LogP contribution in [0.3, 0.4) is 0 Å². The Morgan fingerprint density at radius 3 is 2.45 bits per heavy atom. The van der Waals surface area contributed by atoms with Crippen molar-refractivity contribution in [2.75, 3.05) is 7.11 Å². The second kappa shape index (κ2) is 5.13. The minimum absolute atomic E-state index is 0.318. The number of carbonyl (C=O) groups excluding carboxylic acids is 1. The molecule has 0 aromatic heterocycles. The van der Waals surface area contributed by atoms with Crippen molar-refractivity contribution in [1.29, 1.82) is 0 Å². The van der Waals surface area contributed by atoms with Crippen LogP contribution in [0.1, 0.15) is 26.7 Å². The number of aliphatic hydroxyl groups is 1. The molecule has 2 atom stereocenters. The van der Waals surface area contributed by atoms with Crippen LogP contribution in [-0.2, 0) is 9.53 Å². The topological polar surface area (TPSA) is 46.5 Å². The number of hydrogen-bond donors (Lipinski definition) is 1. The number of ether oxygens (including phenoxy) is 1. The van der Waals surface area contributed by atoms with Gasteiger partial charge in [-0.1, -0.05) is 13.3 Å². The van der Waals surface area contributed by atoms with Crippen molar-refractivity contribution in [3.05, 3.63) is 0 Å². The van der Waals surface area contributed by atoms with Gasteiger partial charge in [-0.15, -0.1) is 0 Å². The first-order valence-corrected chi connectivity index (χ1v) is 3.89. The predicted octanol–water partition coefficient (Wildman–Crippen LogP) is 0.956. The lowest BCUT2D eigenvalue weighted by Gasteiger charge is -2.15. The highest BCUT2D eigenvalue weighted by atomic mass is 16.5. The normalized spacial score (nSPS) is 15.6. The third-order valence-electron chi connectivity index (χ3n) is 1.69. The summed E-state index contributed by atoms with van der Waals surface area (Å²) in [6, 6.07) is 0. The van der Waals surface area contributed by atoms with E-state index in [9.17, 15) is 4.79 Å². The molecule has 66 valence electrons. The van der Waals surface area contributed by atoms with Gasteiger partial charge in [0, 0.05) is 0 Å². The van der Waals surface area contributed by atoms with Crippen molar-refractivity contribution < 1.29 is 14.6 Å². The summed E-state index contributed by atoms with van der Waals surface area (Å²) in [5, 5.41) is 9.14. The number of methoxy groups -OCH3 is 1. The van der Waals surface area contributed by atoms with Gasteiger partial charge < -0.3 is 9.84 Å². The quantitative estimate of drug-likeness (QED) is 0.623. The van der Waals surface area contributed by atoms with Crippen molar-refractivity contribution in [1.82, 2.24) is 0 Å². The minimum atomic E-state index is -0.609. The van der Waals surface area contributed by atoms with E-state index in [2.05, 4.69) is 4.74 Å². The van der Waals surface area contributed by atoms with E-state index >= 15 is 0 Å². The Hall–Kier alpha value is -0.570. The fourth-order valence-corrected chi connectivity index (χ4v) is 1.02. The van der Waals surface area contributed by atoms with Crippen LogP contribution < -0.4 is 0 Å². The lowest BCUT2D eigenvalue weighted by molar-refractivity contribution is -0.149. The number of aliphatic hydroxyl groups excluding tert-OH is 1. The SMILES string of the molecule is CCC[C@@H](C(=O)OC)[C@@H](C)O. The Morgan fingerprint density at radius 2 is 2.18 bits per heavy atom. The second-order valence-corrected chi connectivity index (χ2v) is 2.66. The number of carbonyl (C=O) groups is 1. The van der Waals surface area contributed by atoms with E-state index in [0.29, 0.717) is 6.42 Å². The van der Waals surface area contributed by atoms with Crippen LogP contribution in [0.15, 0.2) is 0 Å². The summed E-state index contributed by atoms with van der Waals surface area (Å²) in [5.41, 5.74) is 0. The fourth-order valence-electron chi connectivity index (χ4n) is 1.02. The summed E-state index contributed by atoms with van der Waals surface area (Å²) < 4.78 is 4.53. The van der Waals surface area contributed by atoms with Crippen LogP contribution in [0, 0.1) is 5.92 Å². The molecule has 0 aromatic carbocycles. The molecule has 0 bridgehead atoms. The lowest BCUT2D eigenvalue weighted by Crippen LogP contribution is -2.26. The van der Waals surface area contributed by atoms with E-state index in [1.165, 1.54) is 7.11 Å². The van der Waals surface area contributed by atoms with Crippen LogP contribution in [0.2, 0.25) is 0 Å². The van der Waals surface area contributed by atoms with Crippen molar-refractivity contribution in [2.45, 2.75) is 32.8 Å². The van der Waals surface area contributed by atoms with Gasteiger partial charge in [-0.05, 0) is 13.3 Å². The molecule has 3 nitrogen and oxygen atoms in total. The Bertz CT molecular complexity index is 121. The molecule has 1 N–H and O–H groups in total. The Kier molecular flexibility index (Phi) is 4.86. The van der Waals surface area contributed by atoms with E-state index in [1.807, 2.05) is 6.92 Å². The summed E-state index contributed by atoms with van der Waals surface area (Å²) in [6.07, 6.45) is 0.956. The zero-order valence-corrected chi connectivity index (χ0v) is 7.33. The minimum Gasteiger partial charge on any atom is -0.469 e. The van der Waals surface area contributed by atoms with Gasteiger partial charge in [-0.25, -0.2) is 0 Å². The molecule has 0 radical (unpaired) electrons. The molecule has 0 aliphatic rings. The highest BCUT2D eigenvalue weighted by Gasteiger charge is 2.22. The van der Waals surface area contributed by atoms with Gasteiger partial charge >= 0.3 is 5.97 Å². The van der Waals surface area contributed by atoms with Crippen molar-refractivity contribution in [2.24, 2.45) is 5.92 Å². The first kappa shape index (κ1) is 10.4. The zero-order chi connectivity index (χ0) is 8.85. The van der Waals surface area contributed by atoms with Gasteiger partial charge in [0.05, 0.1) is 19.1 Å². The smallest absolute Gasteiger partial charge is 0.311 e. The maximum Gasteiger partial charge on any atom is 0.311 e. The highest BCUT2D eigenvalue weighted by molar-refractivity contribution is 5.72. The van der Waals surface area contributed by atoms with Gasteiger partial charge in [0.1, 0.15) is 0 Å². The average molecular weight is 160 g/mol. The molecule has 11 heavy (non-hydrogen) atoms. The van der Waals surface area contributed by atoms with Crippen LogP contribution in [0.25, 0.3) is 0 Å². The molecule has 0 rings (SSSR count). The monoisotopic (exact) mass is 160 g/mol. The fraction of sp³-hybridized carbons (Fsp3) is 0.875. The first-order valence-electron chi connectivity index (χ1n) is 3.89. The maximum atomic E-state index is 11.0. The molecule has 0 saturated carbocycles. The van der Waals surface area contributed by atoms with Crippen molar-refractivity contribution >= 4 is 5.97 Å². The largest absolute Gasteiger partial charge is 0.469 e. The highest BCUT2D eigenvalue weighted by Crippen LogP contribution is 2.12. The van der Waals surface area contributed by atoms with Crippen LogP contribution >= 0.6 is 0 Å². The summed E-state index contributed by atoms with van der Waals surface area (Å²) in [7, 11) is 1.34. The second-order valence-electron chi connectivity index (χ2n) is 2.66. The van der Waals surface area contributed by atoms with Crippen molar-refractivity contribution in [3.8, 4) is 0 Å². The molecule has 0 fully saturated rings. The molecule has 0 saturated heterocycles. The van der Waals surface area contributed by atoms with Crippen LogP contribution in [0.5, 0.6) is 0 Å². The third-order valence-corrected chi connectivity index (χ3v) is 1.69. The van der Waals surface area contributed by atoms with E-state index in [-0.39, 0.29) is 11.9 Å². The standard InChI is InChI=1S/C8H16O3/c1-4-5-7(6(2)9)8(10)11-3/h6-7,9H,4-5H2,1-3H3/t6-,7-/m1/s1. The molecule has 0 aliphatic heterocycles. The number of hydrogen-bond acceptors (Lipinski definition) is 3. The van der Waals surface area contributed by atoms with E-state index < -0.39 is 6.10 Å². The summed E-state index contributed by atoms with van der Waals surface area (Å²) >= 11 is 0. The van der Waals surface area contributed by atoms with E-state index in [4.69, 9.17) is 5.11 Å². The van der Waals surface area contributed by atoms with Gasteiger partial charge in [0.15, 0.2) is 0 Å². The summed E-state index contributed by atoms with van der Waals surface area (Å²) in [4.78, 5) is 11.0. The molecule has 0 spiro atoms. The van der Waals surface area contributed by atoms with Crippen LogP contribution in [-0.4, -0.2) is 24.3 Å². The zero-order valence-electron chi connectivity index (χ0n) is 7.33. The molecule has 0 unspecified atom stereocenters. The van der Waals surface area contributed by atoms with Gasteiger partial charge in [-0.3, -0.25) is 4.79 Å². The van der Waals surface area contributed by atoms with Crippen molar-refractivity contribution in [3.63, 3.8) is 0 Å². The molecule has 3 heteroatoms. The maximum absolute atomic E-state index is 11.0. The average Bonchev–Trinajstić information content (AvgIpc) is 1.98. The number of esters is 1. The van der Waals surface area contributed by atoms with Gasteiger partial charge in [-0.2, -0.15) is 0 Å². The molecular weight excluding hydrogens is 144 g/mol. The Morgan fingerprint density at radius 1 is 1.64 bits per heavy atom. The van der Waals surface area contributed by atoms with Gasteiger partial charge in [0.25, 0.3) is 0 Å². The first-order chi connectivity index (χ1) is 5.13. The summed E-state index contributed by atoms with van der Waals surface area (Å²) in [6.45, 7) is 3.58. The Balaban J connectivity index is 3.98. The summed E-state index contributed by atoms with van der Waals surface area (Å²) in [5.74, 6) is -0.674. The molecule has 0 aliphatic carbocycles. The van der Waals surface area contributed by atoms with E-state index in [1.54, 1.807) is 6.92 Å². The molecule has 0 amide bonds. The molecule has 0 aromatic rings. The van der Waals surface area contributed by atoms with Gasteiger partial charge in [0.2, 0.25) is 0 Å². The van der Waals surface area contributed by atoms with E-state index in [0.717, 1.165) is 6.42 Å². The molecule has 0 heterocycles. The Labute approximate surface area is 67.4 Å².